The van der Waals surface area contributed by atoms with E-state index < -0.39 is 0 Å². The third kappa shape index (κ3) is 3.00. The van der Waals surface area contributed by atoms with E-state index in [9.17, 15) is 5.11 Å². The molecule has 21 heavy (non-hydrogen) atoms. The minimum Gasteiger partial charge on any atom is -0.479 e. The summed E-state index contributed by atoms with van der Waals surface area (Å²) < 4.78 is 5.31. The van der Waals surface area contributed by atoms with E-state index in [1.165, 1.54) is 0 Å². The first-order chi connectivity index (χ1) is 10.2. The molecule has 1 N–H and O–H groups in total. The standard InChI is InChI=1S/C17H14N2O2/c1-12-7-9-14(10-8-12)18-19-15-11-16(21-17(15)20)13-5-3-2-4-6-13/h2-11,20H,1H3. The van der Waals surface area contributed by atoms with Crippen LogP contribution in [-0.4, -0.2) is 5.11 Å². The molecular weight excluding hydrogens is 264 g/mol. The molecule has 0 saturated carbocycles. The molecule has 0 bridgehead atoms. The lowest BCUT2D eigenvalue weighted by Gasteiger charge is -1.92. The fourth-order valence-corrected chi connectivity index (χ4v) is 1.91. The van der Waals surface area contributed by atoms with E-state index in [4.69, 9.17) is 4.42 Å². The van der Waals surface area contributed by atoms with Crippen LogP contribution in [0.2, 0.25) is 0 Å². The minimum absolute atomic E-state index is 0.232. The lowest BCUT2D eigenvalue weighted by molar-refractivity contribution is 0.339. The van der Waals surface area contributed by atoms with Gasteiger partial charge in [-0.25, -0.2) is 0 Å². The number of rotatable bonds is 3. The molecule has 4 nitrogen and oxygen atoms in total. The molecule has 0 atom stereocenters. The first-order valence-corrected chi connectivity index (χ1v) is 6.59. The zero-order valence-corrected chi connectivity index (χ0v) is 11.5. The number of hydrogen-bond donors (Lipinski definition) is 1. The summed E-state index contributed by atoms with van der Waals surface area (Å²) in [4.78, 5) is 0. The van der Waals surface area contributed by atoms with Crippen molar-refractivity contribution in [3.8, 4) is 17.3 Å². The smallest absolute Gasteiger partial charge is 0.311 e. The van der Waals surface area contributed by atoms with Gasteiger partial charge in [-0.05, 0) is 19.1 Å². The van der Waals surface area contributed by atoms with Crippen LogP contribution in [0.1, 0.15) is 5.56 Å². The first-order valence-electron chi connectivity index (χ1n) is 6.59. The quantitative estimate of drug-likeness (QED) is 0.654. The first kappa shape index (κ1) is 13.1. The number of nitrogens with zero attached hydrogens (tertiary/aromatic N) is 2. The van der Waals surface area contributed by atoms with Crippen LogP contribution in [0.15, 0.2) is 75.3 Å². The molecule has 0 aliphatic carbocycles. The number of aryl methyl sites for hydroxylation is 1. The maximum absolute atomic E-state index is 9.79. The zero-order chi connectivity index (χ0) is 14.7. The van der Waals surface area contributed by atoms with Crippen molar-refractivity contribution in [2.75, 3.05) is 0 Å². The molecule has 104 valence electrons. The Kier molecular flexibility index (Phi) is 3.51. The molecular formula is C17H14N2O2. The van der Waals surface area contributed by atoms with Crippen molar-refractivity contribution >= 4 is 11.4 Å². The molecule has 1 aromatic heterocycles. The summed E-state index contributed by atoms with van der Waals surface area (Å²) in [5.41, 5.74) is 3.08. The van der Waals surface area contributed by atoms with Gasteiger partial charge in [-0.2, -0.15) is 5.11 Å². The van der Waals surface area contributed by atoms with Crippen LogP contribution >= 0.6 is 0 Å². The minimum atomic E-state index is -0.232. The van der Waals surface area contributed by atoms with Crippen LogP contribution in [0, 0.1) is 6.92 Å². The van der Waals surface area contributed by atoms with Crippen LogP contribution in [0.3, 0.4) is 0 Å². The van der Waals surface area contributed by atoms with Crippen LogP contribution < -0.4 is 0 Å². The highest BCUT2D eigenvalue weighted by Gasteiger charge is 2.11. The van der Waals surface area contributed by atoms with Gasteiger partial charge in [0.2, 0.25) is 0 Å². The average Bonchev–Trinajstić information content (AvgIpc) is 2.89. The predicted molar refractivity (Wildman–Crippen MR) is 81.2 cm³/mol. The monoisotopic (exact) mass is 278 g/mol. The summed E-state index contributed by atoms with van der Waals surface area (Å²) in [5.74, 6) is 0.329. The van der Waals surface area contributed by atoms with E-state index in [-0.39, 0.29) is 5.95 Å². The Morgan fingerprint density at radius 1 is 0.905 bits per heavy atom. The lowest BCUT2D eigenvalue weighted by Crippen LogP contribution is -1.69. The second-order valence-electron chi connectivity index (χ2n) is 4.70. The van der Waals surface area contributed by atoms with Gasteiger partial charge in [-0.1, -0.05) is 48.0 Å². The molecule has 0 spiro atoms. The van der Waals surface area contributed by atoms with Crippen LogP contribution in [-0.2, 0) is 0 Å². The molecule has 3 rings (SSSR count). The normalized spacial score (nSPS) is 11.1. The van der Waals surface area contributed by atoms with Crippen molar-refractivity contribution in [2.45, 2.75) is 6.92 Å². The Labute approximate surface area is 122 Å². The van der Waals surface area contributed by atoms with E-state index >= 15 is 0 Å². The van der Waals surface area contributed by atoms with Gasteiger partial charge in [0.1, 0.15) is 5.76 Å². The van der Waals surface area contributed by atoms with Crippen molar-refractivity contribution in [3.63, 3.8) is 0 Å². The molecule has 4 heteroatoms. The SMILES string of the molecule is Cc1ccc(N=Nc2cc(-c3ccccc3)oc2O)cc1. The number of aromatic hydroxyl groups is 1. The second-order valence-corrected chi connectivity index (χ2v) is 4.70. The highest BCUT2D eigenvalue weighted by Crippen LogP contribution is 2.36. The lowest BCUT2D eigenvalue weighted by atomic mass is 10.2. The predicted octanol–water partition coefficient (Wildman–Crippen LogP) is 5.38. The van der Waals surface area contributed by atoms with E-state index in [2.05, 4.69) is 10.2 Å². The van der Waals surface area contributed by atoms with Gasteiger partial charge in [-0.15, -0.1) is 5.11 Å². The van der Waals surface area contributed by atoms with Crippen molar-refractivity contribution in [2.24, 2.45) is 10.2 Å². The van der Waals surface area contributed by atoms with Gasteiger partial charge >= 0.3 is 5.95 Å². The molecule has 0 amide bonds. The third-order valence-corrected chi connectivity index (χ3v) is 3.06. The Morgan fingerprint density at radius 2 is 1.62 bits per heavy atom. The van der Waals surface area contributed by atoms with Crippen molar-refractivity contribution in [3.05, 3.63) is 66.2 Å². The van der Waals surface area contributed by atoms with Crippen LogP contribution in [0.5, 0.6) is 5.95 Å². The van der Waals surface area contributed by atoms with Crippen molar-refractivity contribution in [1.82, 2.24) is 0 Å². The summed E-state index contributed by atoms with van der Waals surface area (Å²) in [5, 5.41) is 17.9. The molecule has 0 radical (unpaired) electrons. The highest BCUT2D eigenvalue weighted by atomic mass is 16.5. The maximum atomic E-state index is 9.79. The van der Waals surface area contributed by atoms with Crippen LogP contribution in [0.25, 0.3) is 11.3 Å². The van der Waals surface area contributed by atoms with Gasteiger partial charge in [0.15, 0.2) is 5.69 Å². The summed E-state index contributed by atoms with van der Waals surface area (Å²) >= 11 is 0. The average molecular weight is 278 g/mol. The molecule has 3 aromatic rings. The topological polar surface area (TPSA) is 58.1 Å². The summed E-state index contributed by atoms with van der Waals surface area (Å²) in [6.45, 7) is 2.01. The fourth-order valence-electron chi connectivity index (χ4n) is 1.91. The number of hydrogen-bond acceptors (Lipinski definition) is 4. The van der Waals surface area contributed by atoms with Gasteiger partial charge in [0.05, 0.1) is 5.69 Å². The summed E-state index contributed by atoms with van der Waals surface area (Å²) in [7, 11) is 0. The molecule has 0 aliphatic heterocycles. The van der Waals surface area contributed by atoms with Gasteiger partial charge in [0.25, 0.3) is 0 Å². The van der Waals surface area contributed by atoms with Crippen LogP contribution in [0.4, 0.5) is 11.4 Å². The highest BCUT2D eigenvalue weighted by molar-refractivity contribution is 5.64. The third-order valence-electron chi connectivity index (χ3n) is 3.06. The fraction of sp³-hybridized carbons (Fsp3) is 0.0588. The summed E-state index contributed by atoms with van der Waals surface area (Å²) in [6, 6.07) is 18.9. The number of azo groups is 1. The molecule has 0 fully saturated rings. The molecule has 0 unspecified atom stereocenters. The van der Waals surface area contributed by atoms with Gasteiger partial charge in [-0.3, -0.25) is 0 Å². The van der Waals surface area contributed by atoms with E-state index in [0.29, 0.717) is 11.4 Å². The van der Waals surface area contributed by atoms with E-state index in [1.54, 1.807) is 6.07 Å². The van der Waals surface area contributed by atoms with Crippen molar-refractivity contribution < 1.29 is 9.52 Å². The Balaban J connectivity index is 1.86. The number of furan rings is 1. The summed E-state index contributed by atoms with van der Waals surface area (Å²) in [6.07, 6.45) is 0. The Morgan fingerprint density at radius 3 is 2.33 bits per heavy atom. The number of benzene rings is 2. The van der Waals surface area contributed by atoms with Gasteiger partial charge < -0.3 is 9.52 Å². The largest absolute Gasteiger partial charge is 0.479 e. The molecule has 1 heterocycles. The zero-order valence-electron chi connectivity index (χ0n) is 11.5. The molecule has 0 saturated heterocycles. The maximum Gasteiger partial charge on any atom is 0.311 e. The van der Waals surface area contributed by atoms with Gasteiger partial charge in [0, 0.05) is 11.6 Å². The van der Waals surface area contributed by atoms with E-state index in [0.717, 1.165) is 16.8 Å². The second kappa shape index (κ2) is 5.63. The van der Waals surface area contributed by atoms with Crippen molar-refractivity contribution in [1.29, 1.82) is 0 Å². The Bertz CT molecular complexity index is 759. The molecule has 2 aromatic carbocycles. The van der Waals surface area contributed by atoms with E-state index in [1.807, 2.05) is 61.5 Å². The Hall–Kier alpha value is -2.88. The molecule has 0 aliphatic rings.